The molecule has 0 saturated carbocycles. The van der Waals surface area contributed by atoms with Gasteiger partial charge in [-0.25, -0.2) is 0 Å². The zero-order valence-corrected chi connectivity index (χ0v) is 26.4. The highest BCUT2D eigenvalue weighted by molar-refractivity contribution is 7.26. The first-order chi connectivity index (χ1) is 22.6. The first-order valence-corrected chi connectivity index (χ1v) is 16.7. The molecule has 0 fully saturated rings. The van der Waals surface area contributed by atoms with Crippen molar-refractivity contribution >= 4 is 59.3 Å². The number of hydrogen-bond donors (Lipinski definition) is 0. The molecule has 218 valence electrons. The van der Waals surface area contributed by atoms with Crippen molar-refractivity contribution in [3.63, 3.8) is 0 Å². The summed E-state index contributed by atoms with van der Waals surface area (Å²) in [5.41, 5.74) is 11.3. The van der Waals surface area contributed by atoms with Crippen LogP contribution < -0.4 is 9.64 Å². The molecule has 1 aliphatic heterocycles. The minimum absolute atomic E-state index is 0.0189. The van der Waals surface area contributed by atoms with Crippen molar-refractivity contribution in [1.29, 1.82) is 0 Å². The molecule has 7 aromatic carbocycles. The van der Waals surface area contributed by atoms with Crippen LogP contribution in [0.3, 0.4) is 0 Å². The molecular formula is C43H29NOS. The number of para-hydroxylation sites is 1. The number of rotatable bonds is 4. The first kappa shape index (κ1) is 25.9. The molecule has 8 aromatic rings. The number of hydrogen-bond acceptors (Lipinski definition) is 3. The molecule has 1 aromatic heterocycles. The number of benzene rings is 7. The van der Waals surface area contributed by atoms with Gasteiger partial charge in [-0.3, -0.25) is 0 Å². The lowest BCUT2D eigenvalue weighted by molar-refractivity contribution is 0.493. The number of thiophene rings is 1. The molecule has 2 aliphatic rings. The Morgan fingerprint density at radius 3 is 2.04 bits per heavy atom. The topological polar surface area (TPSA) is 12.5 Å². The lowest BCUT2D eigenvalue weighted by Gasteiger charge is -2.27. The fraction of sp³-hybridized carbons (Fsp3) is 0.0698. The summed E-state index contributed by atoms with van der Waals surface area (Å²) in [6.45, 7) is 4.67. The molecule has 0 N–H and O–H groups in total. The summed E-state index contributed by atoms with van der Waals surface area (Å²) in [6, 6.07) is 50.8. The van der Waals surface area contributed by atoms with Gasteiger partial charge in [0.2, 0.25) is 0 Å². The van der Waals surface area contributed by atoms with E-state index in [2.05, 4.69) is 158 Å². The average Bonchev–Trinajstić information content (AvgIpc) is 3.58. The van der Waals surface area contributed by atoms with E-state index < -0.39 is 0 Å². The second-order valence-electron chi connectivity index (χ2n) is 12.9. The maximum Gasteiger partial charge on any atom is 0.136 e. The predicted octanol–water partition coefficient (Wildman–Crippen LogP) is 12.8. The van der Waals surface area contributed by atoms with Crippen molar-refractivity contribution in [2.24, 2.45) is 0 Å². The van der Waals surface area contributed by atoms with Crippen LogP contribution in [0.2, 0.25) is 0 Å². The van der Waals surface area contributed by atoms with Gasteiger partial charge in [0, 0.05) is 48.0 Å². The third-order valence-corrected chi connectivity index (χ3v) is 11.1. The van der Waals surface area contributed by atoms with Gasteiger partial charge in [0.15, 0.2) is 0 Å². The van der Waals surface area contributed by atoms with E-state index in [4.69, 9.17) is 4.74 Å². The molecule has 3 heteroatoms. The van der Waals surface area contributed by atoms with E-state index in [1.807, 2.05) is 11.3 Å². The lowest BCUT2D eigenvalue weighted by Crippen LogP contribution is -2.15. The van der Waals surface area contributed by atoms with Crippen LogP contribution >= 0.6 is 11.3 Å². The Bertz CT molecular complexity index is 2520. The van der Waals surface area contributed by atoms with Crippen LogP contribution in [0.5, 0.6) is 11.5 Å². The molecular weight excluding hydrogens is 579 g/mol. The van der Waals surface area contributed by atoms with Crippen LogP contribution in [0.25, 0.3) is 53.2 Å². The van der Waals surface area contributed by atoms with Gasteiger partial charge < -0.3 is 9.64 Å². The molecule has 10 rings (SSSR count). The zero-order chi connectivity index (χ0) is 30.6. The molecule has 0 spiro atoms. The Morgan fingerprint density at radius 1 is 0.500 bits per heavy atom. The highest BCUT2D eigenvalue weighted by atomic mass is 32.1. The molecule has 0 saturated heterocycles. The summed E-state index contributed by atoms with van der Waals surface area (Å²) in [7, 11) is 0. The standard InChI is InChI=1S/C43H29NOS/c1-43(2)34-14-7-6-12-30(34)33-24-29(22-23-35(33)43)44(27-10-4-3-5-11-27)28-20-18-26(19-21-28)32-25-39-42-40-31(32)13-8-15-36(40)45-37-16-9-17-38(46-39)41(37)42/h3-25H,1-2H3. The molecule has 0 amide bonds. The van der Waals surface area contributed by atoms with Gasteiger partial charge in [-0.1, -0.05) is 92.7 Å². The highest BCUT2D eigenvalue weighted by Crippen LogP contribution is 2.53. The van der Waals surface area contributed by atoms with Crippen molar-refractivity contribution in [2.75, 3.05) is 4.90 Å². The zero-order valence-electron chi connectivity index (χ0n) is 25.5. The molecule has 0 radical (unpaired) electrons. The largest absolute Gasteiger partial charge is 0.456 e. The van der Waals surface area contributed by atoms with E-state index in [-0.39, 0.29) is 5.41 Å². The Hall–Kier alpha value is -5.38. The van der Waals surface area contributed by atoms with Crippen molar-refractivity contribution < 1.29 is 4.74 Å². The maximum absolute atomic E-state index is 6.45. The third kappa shape index (κ3) is 3.52. The number of fused-ring (bicyclic) bond motifs is 3. The van der Waals surface area contributed by atoms with E-state index in [1.54, 1.807) is 0 Å². The summed E-state index contributed by atoms with van der Waals surface area (Å²) in [5.74, 6) is 1.90. The Morgan fingerprint density at radius 2 is 1.20 bits per heavy atom. The molecule has 1 aliphatic carbocycles. The smallest absolute Gasteiger partial charge is 0.136 e. The van der Waals surface area contributed by atoms with Gasteiger partial charge in [-0.15, -0.1) is 11.3 Å². The van der Waals surface area contributed by atoms with Gasteiger partial charge in [-0.05, 0) is 99.4 Å². The minimum Gasteiger partial charge on any atom is -0.456 e. The van der Waals surface area contributed by atoms with E-state index in [9.17, 15) is 0 Å². The van der Waals surface area contributed by atoms with E-state index in [0.717, 1.165) is 28.6 Å². The first-order valence-electron chi connectivity index (χ1n) is 15.9. The quantitative estimate of drug-likeness (QED) is 0.197. The van der Waals surface area contributed by atoms with Crippen LogP contribution in [0.4, 0.5) is 17.1 Å². The summed E-state index contributed by atoms with van der Waals surface area (Å²) < 4.78 is 9.03. The van der Waals surface area contributed by atoms with Gasteiger partial charge in [-0.2, -0.15) is 0 Å². The van der Waals surface area contributed by atoms with Crippen LogP contribution in [0, 0.1) is 0 Å². The molecule has 2 heterocycles. The minimum atomic E-state index is -0.0189. The highest BCUT2D eigenvalue weighted by Gasteiger charge is 2.35. The van der Waals surface area contributed by atoms with Crippen LogP contribution in [-0.2, 0) is 5.41 Å². The number of anilines is 3. The fourth-order valence-electron chi connectivity index (χ4n) is 7.90. The van der Waals surface area contributed by atoms with Crippen molar-refractivity contribution in [1.82, 2.24) is 0 Å². The lowest BCUT2D eigenvalue weighted by atomic mass is 9.82. The average molecular weight is 608 g/mol. The van der Waals surface area contributed by atoms with Gasteiger partial charge in [0.25, 0.3) is 0 Å². The second kappa shape index (κ2) is 9.32. The summed E-state index contributed by atoms with van der Waals surface area (Å²) in [4.78, 5) is 2.37. The normalized spacial score (nSPS) is 13.8. The van der Waals surface area contributed by atoms with Gasteiger partial charge in [0.05, 0.1) is 0 Å². The van der Waals surface area contributed by atoms with Crippen molar-refractivity contribution in [2.45, 2.75) is 19.3 Å². The van der Waals surface area contributed by atoms with E-state index >= 15 is 0 Å². The SMILES string of the molecule is CC1(C)c2ccccc2-c2cc(N(c3ccccc3)c3ccc(-c4cc5sc6cccc7c6c5c5c(cccc45)O7)cc3)ccc21. The van der Waals surface area contributed by atoms with Gasteiger partial charge >= 0.3 is 0 Å². The number of ether oxygens (including phenoxy) is 1. The van der Waals surface area contributed by atoms with Crippen LogP contribution in [0.15, 0.2) is 140 Å². The third-order valence-electron chi connectivity index (χ3n) is 10.0. The van der Waals surface area contributed by atoms with Crippen LogP contribution in [0.1, 0.15) is 25.0 Å². The van der Waals surface area contributed by atoms with Gasteiger partial charge in [0.1, 0.15) is 11.5 Å². The Labute approximate surface area is 271 Å². The molecule has 0 bridgehead atoms. The Kier molecular flexibility index (Phi) is 5.25. The molecule has 0 atom stereocenters. The molecule has 2 nitrogen and oxygen atoms in total. The van der Waals surface area contributed by atoms with Crippen molar-refractivity contribution in [3.05, 3.63) is 151 Å². The van der Waals surface area contributed by atoms with Crippen molar-refractivity contribution in [3.8, 4) is 33.8 Å². The second-order valence-corrected chi connectivity index (χ2v) is 14.0. The summed E-state index contributed by atoms with van der Waals surface area (Å²) >= 11 is 1.85. The fourth-order valence-corrected chi connectivity index (χ4v) is 9.07. The molecule has 46 heavy (non-hydrogen) atoms. The maximum atomic E-state index is 6.45. The van der Waals surface area contributed by atoms with E-state index in [1.165, 1.54) is 64.3 Å². The predicted molar refractivity (Wildman–Crippen MR) is 195 cm³/mol. The monoisotopic (exact) mass is 607 g/mol. The molecule has 0 unspecified atom stereocenters. The Balaban J connectivity index is 1.13. The number of nitrogens with zero attached hydrogens (tertiary/aromatic N) is 1. The van der Waals surface area contributed by atoms with Crippen LogP contribution in [-0.4, -0.2) is 0 Å². The summed E-state index contributed by atoms with van der Waals surface area (Å²) in [6.07, 6.45) is 0. The summed E-state index contributed by atoms with van der Waals surface area (Å²) in [5, 5.41) is 5.01. The van der Waals surface area contributed by atoms with E-state index in [0.29, 0.717) is 0 Å².